The molecule has 0 N–H and O–H groups in total. The molecule has 0 bridgehead atoms. The lowest BCUT2D eigenvalue weighted by atomic mass is 9.97. The van der Waals surface area contributed by atoms with Crippen LogP contribution in [0.5, 0.6) is 0 Å². The highest BCUT2D eigenvalue weighted by Crippen LogP contribution is 2.29. The SMILES string of the molecule is CC(C)N1CCN(c2cccc(-c3ccccc3CCOCc3ccc(CCC(=O)CCc4cccnc4)cc3)c2)CC1. The van der Waals surface area contributed by atoms with Crippen LogP contribution in [-0.2, 0) is 35.4 Å². The van der Waals surface area contributed by atoms with Crippen molar-refractivity contribution in [3.05, 3.63) is 120 Å². The third-order valence-corrected chi connectivity index (χ3v) is 8.50. The zero-order chi connectivity index (χ0) is 29.9. The number of carbonyl (C=O) groups excluding carboxylic acids is 1. The van der Waals surface area contributed by atoms with Gasteiger partial charge >= 0.3 is 0 Å². The van der Waals surface area contributed by atoms with Crippen LogP contribution in [-0.4, -0.2) is 54.5 Å². The molecule has 43 heavy (non-hydrogen) atoms. The number of carbonyl (C=O) groups is 1. The number of anilines is 1. The Bertz CT molecular complexity index is 1430. The number of Topliss-reactive ketones (excluding diaryl/α,β-unsaturated/α-hetero) is 1. The van der Waals surface area contributed by atoms with Crippen molar-refractivity contribution in [2.45, 2.75) is 58.6 Å². The van der Waals surface area contributed by atoms with Crippen LogP contribution in [0, 0.1) is 0 Å². The summed E-state index contributed by atoms with van der Waals surface area (Å²) in [5, 5.41) is 0. The molecule has 0 aliphatic carbocycles. The number of pyridine rings is 1. The molecular formula is C38H45N3O2. The molecule has 1 aromatic heterocycles. The van der Waals surface area contributed by atoms with Crippen molar-refractivity contribution in [1.82, 2.24) is 9.88 Å². The Morgan fingerprint density at radius 1 is 0.791 bits per heavy atom. The van der Waals surface area contributed by atoms with Gasteiger partial charge in [-0.3, -0.25) is 14.7 Å². The van der Waals surface area contributed by atoms with Gasteiger partial charge in [-0.05, 0) is 84.7 Å². The Morgan fingerprint density at radius 3 is 2.28 bits per heavy atom. The fraction of sp³-hybridized carbons (Fsp3) is 0.368. The predicted molar refractivity (Wildman–Crippen MR) is 176 cm³/mol. The van der Waals surface area contributed by atoms with Gasteiger partial charge in [0.1, 0.15) is 5.78 Å². The largest absolute Gasteiger partial charge is 0.376 e. The van der Waals surface area contributed by atoms with Crippen molar-refractivity contribution in [1.29, 1.82) is 0 Å². The van der Waals surface area contributed by atoms with E-state index < -0.39 is 0 Å². The first-order valence-electron chi connectivity index (χ1n) is 15.8. The van der Waals surface area contributed by atoms with E-state index in [1.54, 1.807) is 6.20 Å². The van der Waals surface area contributed by atoms with Gasteiger partial charge < -0.3 is 9.64 Å². The summed E-state index contributed by atoms with van der Waals surface area (Å²) in [6.07, 6.45) is 7.15. The van der Waals surface area contributed by atoms with Crippen LogP contribution in [0.25, 0.3) is 11.1 Å². The fourth-order valence-corrected chi connectivity index (χ4v) is 5.80. The quantitative estimate of drug-likeness (QED) is 0.149. The van der Waals surface area contributed by atoms with E-state index in [1.807, 2.05) is 18.3 Å². The monoisotopic (exact) mass is 575 g/mol. The summed E-state index contributed by atoms with van der Waals surface area (Å²) in [6.45, 7) is 10.2. The maximum Gasteiger partial charge on any atom is 0.133 e. The van der Waals surface area contributed by atoms with Gasteiger partial charge in [-0.15, -0.1) is 0 Å². The summed E-state index contributed by atoms with van der Waals surface area (Å²) in [6, 6.07) is 30.7. The average Bonchev–Trinajstić information content (AvgIpc) is 3.06. The molecule has 0 unspecified atom stereocenters. The van der Waals surface area contributed by atoms with E-state index in [9.17, 15) is 4.79 Å². The number of hydrogen-bond donors (Lipinski definition) is 0. The molecule has 0 amide bonds. The lowest BCUT2D eigenvalue weighted by Crippen LogP contribution is -2.48. The van der Waals surface area contributed by atoms with Gasteiger partial charge in [-0.2, -0.15) is 0 Å². The van der Waals surface area contributed by atoms with Crippen LogP contribution in [0.4, 0.5) is 5.69 Å². The van der Waals surface area contributed by atoms with Crippen molar-refractivity contribution in [3.8, 4) is 11.1 Å². The van der Waals surface area contributed by atoms with Crippen LogP contribution in [0.15, 0.2) is 97.3 Å². The van der Waals surface area contributed by atoms with E-state index in [0.29, 0.717) is 37.9 Å². The molecule has 1 saturated heterocycles. The second-order valence-electron chi connectivity index (χ2n) is 11.8. The maximum atomic E-state index is 12.3. The second kappa shape index (κ2) is 15.6. The zero-order valence-corrected chi connectivity index (χ0v) is 25.8. The lowest BCUT2D eigenvalue weighted by molar-refractivity contribution is -0.119. The van der Waals surface area contributed by atoms with Crippen LogP contribution in [0.2, 0.25) is 0 Å². The summed E-state index contributed by atoms with van der Waals surface area (Å²) >= 11 is 0. The molecule has 0 atom stereocenters. The van der Waals surface area contributed by atoms with E-state index in [0.717, 1.165) is 56.6 Å². The molecule has 0 saturated carbocycles. The minimum atomic E-state index is 0.299. The Hall–Kier alpha value is -3.80. The van der Waals surface area contributed by atoms with Gasteiger partial charge in [-0.25, -0.2) is 0 Å². The van der Waals surface area contributed by atoms with Gasteiger partial charge in [0, 0.05) is 63.1 Å². The standard InChI is InChI=1S/C38H45N3O2/c1-30(2)40-22-24-41(25-23-40)36-10-5-9-35(27-36)38-11-4-3-8-34(38)20-26-43-29-33-14-12-31(13-15-33)16-18-37(42)19-17-32-7-6-21-39-28-32/h3-15,21,27-28,30H,16-20,22-26,29H2,1-2H3. The summed E-state index contributed by atoms with van der Waals surface area (Å²) < 4.78 is 6.10. The molecule has 1 aliphatic heterocycles. The number of aromatic nitrogens is 1. The van der Waals surface area contributed by atoms with Crippen molar-refractivity contribution < 1.29 is 9.53 Å². The summed E-state index contributed by atoms with van der Waals surface area (Å²) in [4.78, 5) is 21.5. The first-order valence-corrected chi connectivity index (χ1v) is 15.8. The van der Waals surface area contributed by atoms with Crippen LogP contribution < -0.4 is 4.90 Å². The average molecular weight is 576 g/mol. The lowest BCUT2D eigenvalue weighted by Gasteiger charge is -2.38. The molecule has 5 nitrogen and oxygen atoms in total. The first-order chi connectivity index (χ1) is 21.0. The van der Waals surface area contributed by atoms with E-state index in [2.05, 4.69) is 101 Å². The van der Waals surface area contributed by atoms with Crippen molar-refractivity contribution >= 4 is 11.5 Å². The van der Waals surface area contributed by atoms with Gasteiger partial charge in [0.2, 0.25) is 0 Å². The minimum Gasteiger partial charge on any atom is -0.376 e. The summed E-state index contributed by atoms with van der Waals surface area (Å²) in [5.41, 5.74) is 8.64. The van der Waals surface area contributed by atoms with Gasteiger partial charge in [-0.1, -0.05) is 66.7 Å². The first kappa shape index (κ1) is 30.7. The second-order valence-corrected chi connectivity index (χ2v) is 11.8. The Kier molecular flexibility index (Phi) is 11.1. The summed E-state index contributed by atoms with van der Waals surface area (Å²) in [7, 11) is 0. The van der Waals surface area contributed by atoms with Gasteiger partial charge in [0.15, 0.2) is 0 Å². The van der Waals surface area contributed by atoms with Crippen LogP contribution in [0.1, 0.15) is 48.9 Å². The molecule has 224 valence electrons. The molecule has 4 aromatic rings. The molecule has 0 radical (unpaired) electrons. The number of benzene rings is 3. The minimum absolute atomic E-state index is 0.299. The van der Waals surface area contributed by atoms with Gasteiger partial charge in [0.05, 0.1) is 13.2 Å². The van der Waals surface area contributed by atoms with E-state index in [4.69, 9.17) is 4.74 Å². The van der Waals surface area contributed by atoms with E-state index in [-0.39, 0.29) is 0 Å². The van der Waals surface area contributed by atoms with Gasteiger partial charge in [0.25, 0.3) is 0 Å². The number of aryl methyl sites for hydroxylation is 2. The molecular weight excluding hydrogens is 530 g/mol. The molecule has 0 spiro atoms. The zero-order valence-electron chi connectivity index (χ0n) is 25.8. The van der Waals surface area contributed by atoms with Crippen LogP contribution >= 0.6 is 0 Å². The number of nitrogens with zero attached hydrogens (tertiary/aromatic N) is 3. The Labute approximate surface area is 257 Å². The summed E-state index contributed by atoms with van der Waals surface area (Å²) in [5.74, 6) is 0.299. The van der Waals surface area contributed by atoms with E-state index in [1.165, 1.54) is 27.9 Å². The molecule has 5 heteroatoms. The van der Waals surface area contributed by atoms with Crippen LogP contribution in [0.3, 0.4) is 0 Å². The van der Waals surface area contributed by atoms with Crippen molar-refractivity contribution in [3.63, 3.8) is 0 Å². The Morgan fingerprint density at radius 2 is 1.53 bits per heavy atom. The smallest absolute Gasteiger partial charge is 0.133 e. The highest BCUT2D eigenvalue weighted by Gasteiger charge is 2.19. The third-order valence-electron chi connectivity index (χ3n) is 8.50. The predicted octanol–water partition coefficient (Wildman–Crippen LogP) is 7.17. The van der Waals surface area contributed by atoms with Crippen molar-refractivity contribution in [2.75, 3.05) is 37.7 Å². The number of ether oxygens (including phenoxy) is 1. The maximum absolute atomic E-state index is 12.3. The number of rotatable bonds is 14. The molecule has 3 aromatic carbocycles. The molecule has 2 heterocycles. The molecule has 1 fully saturated rings. The number of hydrogen-bond acceptors (Lipinski definition) is 5. The third kappa shape index (κ3) is 9.09. The number of piperazine rings is 1. The van der Waals surface area contributed by atoms with Crippen molar-refractivity contribution in [2.24, 2.45) is 0 Å². The highest BCUT2D eigenvalue weighted by molar-refractivity contribution is 5.78. The molecule has 1 aliphatic rings. The Balaban J connectivity index is 1.07. The number of ketones is 1. The molecule has 5 rings (SSSR count). The normalized spacial score (nSPS) is 13.9. The topological polar surface area (TPSA) is 45.7 Å². The highest BCUT2D eigenvalue weighted by atomic mass is 16.5. The fourth-order valence-electron chi connectivity index (χ4n) is 5.80. The van der Waals surface area contributed by atoms with E-state index >= 15 is 0 Å².